The fourth-order valence-corrected chi connectivity index (χ4v) is 15.5. The molecule has 58 heavy (non-hydrogen) atoms. The molecule has 0 radical (unpaired) electrons. The van der Waals surface area contributed by atoms with Gasteiger partial charge in [-0.25, -0.2) is 0 Å². The molecule has 2 spiro atoms. The monoisotopic (exact) mass is 753 g/mol. The number of fused-ring (bicyclic) bond motifs is 12. The topological polar surface area (TPSA) is 3.24 Å². The van der Waals surface area contributed by atoms with Gasteiger partial charge in [0.2, 0.25) is 0 Å². The Morgan fingerprint density at radius 2 is 1.17 bits per heavy atom. The summed E-state index contributed by atoms with van der Waals surface area (Å²) in [5, 5.41) is 0. The van der Waals surface area contributed by atoms with Crippen molar-refractivity contribution in [3.63, 3.8) is 0 Å². The second kappa shape index (κ2) is 10.8. The molecule has 1 nitrogen and oxygen atoms in total. The summed E-state index contributed by atoms with van der Waals surface area (Å²) in [7, 11) is 0. The van der Waals surface area contributed by atoms with E-state index in [9.17, 15) is 0 Å². The van der Waals surface area contributed by atoms with Gasteiger partial charge >= 0.3 is 0 Å². The maximum atomic E-state index is 2.67. The van der Waals surface area contributed by atoms with Crippen LogP contribution >= 0.6 is 0 Å². The van der Waals surface area contributed by atoms with Gasteiger partial charge in [-0.3, -0.25) is 0 Å². The van der Waals surface area contributed by atoms with Crippen molar-refractivity contribution >= 4 is 17.1 Å². The second-order valence-corrected chi connectivity index (χ2v) is 21.6. The maximum Gasteiger partial charge on any atom is 0.0502 e. The molecular weight excluding hydrogens is 699 g/mol. The maximum absolute atomic E-state index is 2.67. The summed E-state index contributed by atoms with van der Waals surface area (Å²) in [5.74, 6) is 3.46. The Morgan fingerprint density at radius 3 is 2.02 bits per heavy atom. The summed E-state index contributed by atoms with van der Waals surface area (Å²) in [6, 6.07) is 50.2. The van der Waals surface area contributed by atoms with Crippen LogP contribution < -0.4 is 4.90 Å². The smallest absolute Gasteiger partial charge is 0.0502 e. The number of nitrogens with zero attached hydrogens (tertiary/aromatic N) is 1. The molecule has 288 valence electrons. The first-order valence-electron chi connectivity index (χ1n) is 22.5. The van der Waals surface area contributed by atoms with Crippen LogP contribution in [0.4, 0.5) is 17.1 Å². The molecule has 1 heteroatoms. The summed E-state index contributed by atoms with van der Waals surface area (Å²) in [5.41, 5.74) is 22.3. The molecule has 6 aromatic rings. The highest BCUT2D eigenvalue weighted by molar-refractivity contribution is 5.92. The highest BCUT2D eigenvalue weighted by Crippen LogP contribution is 2.89. The van der Waals surface area contributed by atoms with E-state index in [1.165, 1.54) is 111 Å². The average molecular weight is 754 g/mol. The Balaban J connectivity index is 1.04. The van der Waals surface area contributed by atoms with Gasteiger partial charge in [-0.2, -0.15) is 0 Å². The highest BCUT2D eigenvalue weighted by atomic mass is 15.1. The quantitative estimate of drug-likeness (QED) is 0.173. The van der Waals surface area contributed by atoms with Gasteiger partial charge in [-0.1, -0.05) is 133 Å². The van der Waals surface area contributed by atoms with Gasteiger partial charge in [0.05, 0.1) is 5.69 Å². The first-order chi connectivity index (χ1) is 27.9. The molecule has 6 unspecified atom stereocenters. The van der Waals surface area contributed by atoms with E-state index in [0.717, 1.165) is 23.7 Å². The molecule has 7 aliphatic carbocycles. The van der Waals surface area contributed by atoms with Crippen molar-refractivity contribution in [2.24, 2.45) is 29.1 Å². The van der Waals surface area contributed by atoms with Crippen LogP contribution in [-0.2, 0) is 21.7 Å². The summed E-state index contributed by atoms with van der Waals surface area (Å²) in [4.78, 5) is 2.67. The number of benzene rings is 6. The summed E-state index contributed by atoms with van der Waals surface area (Å²) >= 11 is 0. The average Bonchev–Trinajstić information content (AvgIpc) is 3.92. The van der Waals surface area contributed by atoms with Crippen molar-refractivity contribution in [1.82, 2.24) is 0 Å². The Morgan fingerprint density at radius 1 is 0.483 bits per heavy atom. The zero-order valence-electron chi connectivity index (χ0n) is 35.1. The van der Waals surface area contributed by atoms with E-state index in [0.29, 0.717) is 5.41 Å². The minimum atomic E-state index is -0.0772. The van der Waals surface area contributed by atoms with Gasteiger partial charge in [-0.15, -0.1) is 0 Å². The molecule has 0 aromatic heterocycles. The van der Waals surface area contributed by atoms with Crippen molar-refractivity contribution in [2.45, 2.75) is 102 Å². The molecule has 6 aromatic carbocycles. The molecule has 7 aliphatic rings. The molecule has 0 amide bonds. The zero-order valence-corrected chi connectivity index (χ0v) is 35.1. The molecule has 4 saturated carbocycles. The third-order valence-electron chi connectivity index (χ3n) is 18.0. The number of hydrogen-bond acceptors (Lipinski definition) is 1. The standard InChI is InChI=1S/C57H55N/c1-53(2)25-26-54(3,4)52-46(53)17-12-18-49(52)58(39-20-23-41-40-15-10-11-16-44(40)55(5,6)47(41)32-39)38-21-24-45-43(31-38)42-22-19-36(35-13-8-7-9-14-35)29-48(42)57(45)50-28-34-27-37-30-51(57)56(37,50)33-34/h7-24,29,31-32,34,37,50-51H,25-28,30,33H2,1-6H3. The van der Waals surface area contributed by atoms with Crippen LogP contribution in [0.25, 0.3) is 33.4 Å². The minimum absolute atomic E-state index is 0.0515. The van der Waals surface area contributed by atoms with E-state index in [2.05, 4.69) is 174 Å². The first kappa shape index (κ1) is 34.0. The lowest BCUT2D eigenvalue weighted by atomic mass is 9.27. The predicted octanol–water partition coefficient (Wildman–Crippen LogP) is 14.8. The Hall–Kier alpha value is -4.88. The molecule has 2 bridgehead atoms. The van der Waals surface area contributed by atoms with Crippen LogP contribution in [0.2, 0.25) is 0 Å². The van der Waals surface area contributed by atoms with Crippen LogP contribution in [-0.4, -0.2) is 0 Å². The van der Waals surface area contributed by atoms with Crippen LogP contribution in [0, 0.1) is 29.1 Å². The third kappa shape index (κ3) is 3.91. The van der Waals surface area contributed by atoms with Gasteiger partial charge in [0.25, 0.3) is 0 Å². The largest absolute Gasteiger partial charge is 0.310 e. The highest BCUT2D eigenvalue weighted by Gasteiger charge is 2.84. The number of anilines is 3. The van der Waals surface area contributed by atoms with E-state index in [1.807, 2.05) is 0 Å². The molecule has 13 rings (SSSR count). The van der Waals surface area contributed by atoms with Crippen LogP contribution in [0.1, 0.15) is 113 Å². The molecule has 0 N–H and O–H groups in total. The Labute approximate surface area is 345 Å². The van der Waals surface area contributed by atoms with E-state index in [4.69, 9.17) is 0 Å². The Bertz CT molecular complexity index is 2760. The number of hydrogen-bond donors (Lipinski definition) is 0. The first-order valence-corrected chi connectivity index (χ1v) is 22.5. The van der Waals surface area contributed by atoms with Crippen molar-refractivity contribution in [2.75, 3.05) is 4.90 Å². The lowest BCUT2D eigenvalue weighted by molar-refractivity contribution is -0.231. The lowest BCUT2D eigenvalue weighted by Crippen LogP contribution is -2.73. The van der Waals surface area contributed by atoms with Crippen molar-refractivity contribution < 1.29 is 0 Å². The second-order valence-electron chi connectivity index (χ2n) is 21.6. The summed E-state index contributed by atoms with van der Waals surface area (Å²) in [6.07, 6.45) is 8.22. The van der Waals surface area contributed by atoms with Crippen molar-refractivity contribution in [3.8, 4) is 33.4 Å². The van der Waals surface area contributed by atoms with Crippen molar-refractivity contribution in [1.29, 1.82) is 0 Å². The van der Waals surface area contributed by atoms with Crippen LogP contribution in [0.15, 0.2) is 127 Å². The van der Waals surface area contributed by atoms with Crippen LogP contribution in [0.5, 0.6) is 0 Å². The SMILES string of the molecule is CC1(C)CCC(C)(C)c2c(N(c3ccc4c(c3)-c3ccc(-c5ccccc5)cc3C43C4CC5CC6CC3C64C5)c3ccc4c(c3)C(C)(C)c3ccccc3-4)cccc21. The molecule has 0 saturated heterocycles. The van der Waals surface area contributed by atoms with Gasteiger partial charge in [0, 0.05) is 22.2 Å². The van der Waals surface area contributed by atoms with E-state index in [1.54, 1.807) is 11.1 Å². The molecule has 0 aliphatic heterocycles. The zero-order chi connectivity index (χ0) is 39.1. The van der Waals surface area contributed by atoms with E-state index >= 15 is 0 Å². The number of rotatable bonds is 4. The predicted molar refractivity (Wildman–Crippen MR) is 240 cm³/mol. The molecule has 4 fully saturated rings. The summed E-state index contributed by atoms with van der Waals surface area (Å²) < 4.78 is 0. The van der Waals surface area contributed by atoms with E-state index < -0.39 is 0 Å². The normalized spacial score (nSPS) is 29.7. The van der Waals surface area contributed by atoms with Gasteiger partial charge in [0.1, 0.15) is 0 Å². The van der Waals surface area contributed by atoms with E-state index in [-0.39, 0.29) is 21.7 Å². The Kier molecular flexibility index (Phi) is 6.36. The summed E-state index contributed by atoms with van der Waals surface area (Å²) in [6.45, 7) is 14.8. The van der Waals surface area contributed by atoms with Gasteiger partial charge in [-0.05, 0) is 182 Å². The van der Waals surface area contributed by atoms with Crippen molar-refractivity contribution in [3.05, 3.63) is 161 Å². The minimum Gasteiger partial charge on any atom is -0.310 e. The van der Waals surface area contributed by atoms with Gasteiger partial charge in [0.15, 0.2) is 0 Å². The van der Waals surface area contributed by atoms with Gasteiger partial charge < -0.3 is 4.90 Å². The fourth-order valence-electron chi connectivity index (χ4n) is 15.5. The molecule has 6 atom stereocenters. The van der Waals surface area contributed by atoms with Crippen LogP contribution in [0.3, 0.4) is 0 Å². The lowest BCUT2D eigenvalue weighted by Gasteiger charge is -2.76. The third-order valence-corrected chi connectivity index (χ3v) is 18.0. The molecule has 0 heterocycles. The molecular formula is C57H55N. The fraction of sp³-hybridized carbons (Fsp3) is 0.368.